The third-order valence-electron chi connectivity index (χ3n) is 3.13. The van der Waals surface area contributed by atoms with Crippen LogP contribution in [0.2, 0.25) is 0 Å². The smallest absolute Gasteiger partial charge is 0.325 e. The van der Waals surface area contributed by atoms with E-state index in [1.54, 1.807) is 6.92 Å². The van der Waals surface area contributed by atoms with Crippen LogP contribution in [0.15, 0.2) is 0 Å². The number of esters is 1. The largest absolute Gasteiger partial charge is 0.468 e. The molecule has 1 aliphatic heterocycles. The number of hydrogen-bond donors (Lipinski definition) is 4. The molecule has 0 saturated carbocycles. The summed E-state index contributed by atoms with van der Waals surface area (Å²) >= 11 is 0. The fourth-order valence-corrected chi connectivity index (χ4v) is 1.83. The summed E-state index contributed by atoms with van der Waals surface area (Å²) in [6.07, 6.45) is -4.09. The van der Waals surface area contributed by atoms with Crippen LogP contribution in [0.4, 0.5) is 0 Å². The molecule has 0 radical (unpaired) electrons. The molecular formula is C11H21NO7. The topological polar surface area (TPSA) is 131 Å². The lowest BCUT2D eigenvalue weighted by Gasteiger charge is -2.40. The highest BCUT2D eigenvalue weighted by Gasteiger charge is 2.42. The van der Waals surface area contributed by atoms with Crippen LogP contribution in [-0.2, 0) is 19.0 Å². The van der Waals surface area contributed by atoms with Gasteiger partial charge in [-0.3, -0.25) is 4.79 Å². The molecule has 1 saturated heterocycles. The van der Waals surface area contributed by atoms with Crippen molar-refractivity contribution in [2.75, 3.05) is 20.3 Å². The summed E-state index contributed by atoms with van der Waals surface area (Å²) < 4.78 is 15.0. The van der Waals surface area contributed by atoms with Gasteiger partial charge in [-0.15, -0.1) is 0 Å². The molecule has 19 heavy (non-hydrogen) atoms. The zero-order chi connectivity index (χ0) is 14.6. The Bertz CT molecular complexity index is 299. The molecule has 8 nitrogen and oxygen atoms in total. The lowest BCUT2D eigenvalue weighted by Crippen LogP contribution is -2.56. The minimum absolute atomic E-state index is 0.150. The van der Waals surface area contributed by atoms with Gasteiger partial charge in [0.2, 0.25) is 0 Å². The van der Waals surface area contributed by atoms with Crippen LogP contribution in [0.3, 0.4) is 0 Å². The van der Waals surface area contributed by atoms with Gasteiger partial charge < -0.3 is 35.3 Å². The summed E-state index contributed by atoms with van der Waals surface area (Å²) in [5.41, 5.74) is 5.50. The van der Waals surface area contributed by atoms with Crippen molar-refractivity contribution in [3.63, 3.8) is 0 Å². The van der Waals surface area contributed by atoms with Gasteiger partial charge in [-0.1, -0.05) is 6.92 Å². The maximum atomic E-state index is 11.1. The van der Waals surface area contributed by atoms with Crippen LogP contribution in [-0.4, -0.2) is 72.3 Å². The van der Waals surface area contributed by atoms with E-state index in [0.29, 0.717) is 0 Å². The van der Waals surface area contributed by atoms with Crippen LogP contribution in [0.5, 0.6) is 0 Å². The first-order chi connectivity index (χ1) is 8.92. The van der Waals surface area contributed by atoms with Crippen molar-refractivity contribution in [1.82, 2.24) is 0 Å². The Labute approximate surface area is 111 Å². The molecule has 1 heterocycles. The molecular weight excluding hydrogens is 258 g/mol. The molecule has 1 aliphatic rings. The Hall–Kier alpha value is -0.770. The van der Waals surface area contributed by atoms with E-state index >= 15 is 0 Å². The van der Waals surface area contributed by atoms with E-state index < -0.39 is 49.1 Å². The van der Waals surface area contributed by atoms with Crippen molar-refractivity contribution in [2.45, 2.75) is 37.6 Å². The first-order valence-electron chi connectivity index (χ1n) is 5.99. The highest BCUT2D eigenvalue weighted by Crippen LogP contribution is 2.26. The highest BCUT2D eigenvalue weighted by atomic mass is 16.7. The summed E-state index contributed by atoms with van der Waals surface area (Å²) in [6.45, 7) is 1.02. The van der Waals surface area contributed by atoms with Gasteiger partial charge in [0.15, 0.2) is 6.29 Å². The van der Waals surface area contributed by atoms with Crippen LogP contribution in [0, 0.1) is 5.92 Å². The Morgan fingerprint density at radius 1 is 1.42 bits per heavy atom. The van der Waals surface area contributed by atoms with Crippen molar-refractivity contribution in [1.29, 1.82) is 0 Å². The Kier molecular flexibility index (Phi) is 6.11. The molecule has 6 unspecified atom stereocenters. The van der Waals surface area contributed by atoms with Crippen LogP contribution in [0.25, 0.3) is 0 Å². The third kappa shape index (κ3) is 3.85. The van der Waals surface area contributed by atoms with E-state index in [-0.39, 0.29) is 6.61 Å². The van der Waals surface area contributed by atoms with Crippen molar-refractivity contribution in [3.05, 3.63) is 0 Å². The number of carbonyl (C=O) groups excluding carboxylic acids is 1. The van der Waals surface area contributed by atoms with E-state index in [1.807, 2.05) is 0 Å². The molecule has 0 aromatic carbocycles. The second kappa shape index (κ2) is 7.13. The molecule has 0 aromatic heterocycles. The van der Waals surface area contributed by atoms with Crippen molar-refractivity contribution >= 4 is 5.97 Å². The number of rotatable bonds is 5. The van der Waals surface area contributed by atoms with E-state index in [2.05, 4.69) is 4.74 Å². The summed E-state index contributed by atoms with van der Waals surface area (Å²) in [5, 5.41) is 28.5. The maximum Gasteiger partial charge on any atom is 0.325 e. The number of ether oxygens (including phenoxy) is 3. The van der Waals surface area contributed by atoms with E-state index in [4.69, 9.17) is 20.3 Å². The normalized spacial score (nSPS) is 36.8. The van der Waals surface area contributed by atoms with Crippen molar-refractivity contribution < 1.29 is 34.3 Å². The SMILES string of the molecule is COC(=O)C(N)COC1OC(CO)C(O)C(O)C1C. The molecule has 1 fully saturated rings. The van der Waals surface area contributed by atoms with Crippen molar-refractivity contribution in [2.24, 2.45) is 11.7 Å². The Balaban J connectivity index is 2.55. The quantitative estimate of drug-likeness (QED) is 0.409. The van der Waals surface area contributed by atoms with Gasteiger partial charge in [0.25, 0.3) is 0 Å². The fourth-order valence-electron chi connectivity index (χ4n) is 1.83. The van der Waals surface area contributed by atoms with Crippen molar-refractivity contribution in [3.8, 4) is 0 Å². The van der Waals surface area contributed by atoms with Gasteiger partial charge in [0.05, 0.1) is 26.4 Å². The average Bonchev–Trinajstić information content (AvgIpc) is 2.42. The molecule has 0 amide bonds. The first-order valence-corrected chi connectivity index (χ1v) is 5.99. The van der Waals surface area contributed by atoms with Gasteiger partial charge in [-0.05, 0) is 0 Å². The molecule has 0 aliphatic carbocycles. The van der Waals surface area contributed by atoms with Gasteiger partial charge >= 0.3 is 5.97 Å². The monoisotopic (exact) mass is 279 g/mol. The molecule has 0 bridgehead atoms. The summed E-state index contributed by atoms with van der Waals surface area (Å²) in [5.74, 6) is -1.15. The summed E-state index contributed by atoms with van der Waals surface area (Å²) in [7, 11) is 1.21. The Morgan fingerprint density at radius 2 is 2.05 bits per heavy atom. The molecule has 1 rings (SSSR count). The van der Waals surface area contributed by atoms with Gasteiger partial charge in [0, 0.05) is 5.92 Å². The molecule has 112 valence electrons. The summed E-state index contributed by atoms with van der Waals surface area (Å²) in [4.78, 5) is 11.1. The Morgan fingerprint density at radius 3 is 2.58 bits per heavy atom. The number of methoxy groups -OCH3 is 1. The number of aliphatic hydroxyl groups is 3. The van der Waals surface area contributed by atoms with Gasteiger partial charge in [0.1, 0.15) is 18.2 Å². The van der Waals surface area contributed by atoms with E-state index in [1.165, 1.54) is 7.11 Å². The van der Waals surface area contributed by atoms with Crippen LogP contribution in [0.1, 0.15) is 6.92 Å². The van der Waals surface area contributed by atoms with Gasteiger partial charge in [-0.2, -0.15) is 0 Å². The predicted octanol–water partition coefficient (Wildman–Crippen LogP) is -2.42. The number of hydrogen-bond acceptors (Lipinski definition) is 8. The fraction of sp³-hybridized carbons (Fsp3) is 0.909. The van der Waals surface area contributed by atoms with Crippen LogP contribution >= 0.6 is 0 Å². The average molecular weight is 279 g/mol. The van der Waals surface area contributed by atoms with E-state index in [0.717, 1.165) is 0 Å². The van der Waals surface area contributed by atoms with Crippen LogP contribution < -0.4 is 5.73 Å². The predicted molar refractivity (Wildman–Crippen MR) is 62.9 cm³/mol. The maximum absolute atomic E-state index is 11.1. The standard InChI is InChI=1S/C11H21NO7/c1-5-8(14)9(15)7(3-13)19-11(5)18-4-6(12)10(16)17-2/h5-9,11,13-15H,3-4,12H2,1-2H3. The second-order valence-corrected chi connectivity index (χ2v) is 4.53. The van der Waals surface area contributed by atoms with E-state index in [9.17, 15) is 15.0 Å². The highest BCUT2D eigenvalue weighted by molar-refractivity contribution is 5.75. The second-order valence-electron chi connectivity index (χ2n) is 4.53. The third-order valence-corrected chi connectivity index (χ3v) is 3.13. The first kappa shape index (κ1) is 16.3. The zero-order valence-corrected chi connectivity index (χ0v) is 10.9. The minimum Gasteiger partial charge on any atom is -0.468 e. The molecule has 6 atom stereocenters. The van der Waals surface area contributed by atoms with Gasteiger partial charge in [-0.25, -0.2) is 0 Å². The minimum atomic E-state index is -1.19. The lowest BCUT2D eigenvalue weighted by molar-refractivity contribution is -0.282. The lowest BCUT2D eigenvalue weighted by atomic mass is 9.92. The molecule has 8 heteroatoms. The molecule has 0 spiro atoms. The zero-order valence-electron chi connectivity index (χ0n) is 10.9. The molecule has 5 N–H and O–H groups in total. The molecule has 0 aromatic rings. The summed E-state index contributed by atoms with van der Waals surface area (Å²) in [6, 6.07) is -0.961. The number of carbonyl (C=O) groups is 1. The number of aliphatic hydroxyl groups excluding tert-OH is 3. The number of nitrogens with two attached hydrogens (primary N) is 1.